The molecule has 0 spiro atoms. The molecular formula is C18H21NO3. The first-order valence-electron chi connectivity index (χ1n) is 7.20. The number of carbonyl (C=O) groups excluding carboxylic acids is 1. The summed E-state index contributed by atoms with van der Waals surface area (Å²) >= 11 is 0. The standard InChI is InChI=1S/C18H21NO3/c1-13-12-14(8-9-16(13)21-2)10-11-19-18(20)15-6-4-5-7-17(15)22-3/h4-9,12H,10-11H2,1-3H3,(H,19,20). The predicted molar refractivity (Wildman–Crippen MR) is 86.8 cm³/mol. The number of aryl methyl sites for hydroxylation is 1. The Balaban J connectivity index is 1.93. The molecule has 0 saturated carbocycles. The van der Waals surface area contributed by atoms with Crippen LogP contribution in [0, 0.1) is 6.92 Å². The zero-order valence-electron chi connectivity index (χ0n) is 13.2. The Kier molecular flexibility index (Phi) is 5.42. The topological polar surface area (TPSA) is 47.6 Å². The Labute approximate surface area is 131 Å². The Morgan fingerprint density at radius 3 is 2.45 bits per heavy atom. The quantitative estimate of drug-likeness (QED) is 0.892. The van der Waals surface area contributed by atoms with E-state index < -0.39 is 0 Å². The number of benzene rings is 2. The van der Waals surface area contributed by atoms with Gasteiger partial charge in [-0.2, -0.15) is 0 Å². The number of methoxy groups -OCH3 is 2. The van der Waals surface area contributed by atoms with Gasteiger partial charge in [-0.1, -0.05) is 24.3 Å². The second-order valence-electron chi connectivity index (χ2n) is 5.01. The lowest BCUT2D eigenvalue weighted by Crippen LogP contribution is -2.26. The van der Waals surface area contributed by atoms with Gasteiger partial charge >= 0.3 is 0 Å². The van der Waals surface area contributed by atoms with Crippen LogP contribution in [-0.4, -0.2) is 26.7 Å². The van der Waals surface area contributed by atoms with Crippen molar-refractivity contribution in [1.29, 1.82) is 0 Å². The fourth-order valence-corrected chi connectivity index (χ4v) is 2.34. The lowest BCUT2D eigenvalue weighted by atomic mass is 10.1. The molecule has 0 atom stereocenters. The van der Waals surface area contributed by atoms with Crippen molar-refractivity contribution in [2.24, 2.45) is 0 Å². The minimum Gasteiger partial charge on any atom is -0.496 e. The molecule has 0 fully saturated rings. The SMILES string of the molecule is COc1ccc(CCNC(=O)c2ccccc2OC)cc1C. The van der Waals surface area contributed by atoms with E-state index in [-0.39, 0.29) is 5.91 Å². The van der Waals surface area contributed by atoms with Crippen LogP contribution in [0.2, 0.25) is 0 Å². The molecule has 4 nitrogen and oxygen atoms in total. The van der Waals surface area contributed by atoms with E-state index in [9.17, 15) is 4.79 Å². The number of carbonyl (C=O) groups is 1. The van der Waals surface area contributed by atoms with Crippen molar-refractivity contribution in [3.05, 3.63) is 59.2 Å². The van der Waals surface area contributed by atoms with Crippen LogP contribution in [0.4, 0.5) is 0 Å². The first-order chi connectivity index (χ1) is 10.7. The highest BCUT2D eigenvalue weighted by Gasteiger charge is 2.10. The average Bonchev–Trinajstić information content (AvgIpc) is 2.55. The van der Waals surface area contributed by atoms with Crippen LogP contribution >= 0.6 is 0 Å². The second kappa shape index (κ2) is 7.50. The Bertz CT molecular complexity index is 653. The van der Waals surface area contributed by atoms with E-state index in [1.54, 1.807) is 26.4 Å². The molecule has 0 bridgehead atoms. The normalized spacial score (nSPS) is 10.1. The molecule has 0 unspecified atom stereocenters. The van der Waals surface area contributed by atoms with Crippen molar-refractivity contribution >= 4 is 5.91 Å². The van der Waals surface area contributed by atoms with E-state index in [2.05, 4.69) is 11.4 Å². The molecule has 0 heterocycles. The summed E-state index contributed by atoms with van der Waals surface area (Å²) < 4.78 is 10.4. The zero-order chi connectivity index (χ0) is 15.9. The largest absolute Gasteiger partial charge is 0.496 e. The van der Waals surface area contributed by atoms with Gasteiger partial charge in [0, 0.05) is 6.54 Å². The van der Waals surface area contributed by atoms with Gasteiger partial charge in [-0.25, -0.2) is 0 Å². The molecule has 2 rings (SSSR count). The molecule has 22 heavy (non-hydrogen) atoms. The van der Waals surface area contributed by atoms with E-state index in [1.807, 2.05) is 31.2 Å². The third kappa shape index (κ3) is 3.79. The minimum absolute atomic E-state index is 0.123. The van der Waals surface area contributed by atoms with Crippen molar-refractivity contribution < 1.29 is 14.3 Å². The van der Waals surface area contributed by atoms with E-state index >= 15 is 0 Å². The Morgan fingerprint density at radius 2 is 1.77 bits per heavy atom. The summed E-state index contributed by atoms with van der Waals surface area (Å²) in [5, 5.41) is 2.92. The van der Waals surface area contributed by atoms with Gasteiger partial charge in [0.1, 0.15) is 11.5 Å². The average molecular weight is 299 g/mol. The third-order valence-electron chi connectivity index (χ3n) is 3.51. The highest BCUT2D eigenvalue weighted by Crippen LogP contribution is 2.19. The number of rotatable bonds is 6. The molecule has 116 valence electrons. The fraction of sp³-hybridized carbons (Fsp3) is 0.278. The Morgan fingerprint density at radius 1 is 1.05 bits per heavy atom. The summed E-state index contributed by atoms with van der Waals surface area (Å²) in [6, 6.07) is 13.2. The van der Waals surface area contributed by atoms with Crippen molar-refractivity contribution in [2.75, 3.05) is 20.8 Å². The number of amides is 1. The van der Waals surface area contributed by atoms with Crippen LogP contribution in [0.25, 0.3) is 0 Å². The van der Waals surface area contributed by atoms with Crippen molar-refractivity contribution in [1.82, 2.24) is 5.32 Å². The Hall–Kier alpha value is -2.49. The molecule has 1 N–H and O–H groups in total. The smallest absolute Gasteiger partial charge is 0.255 e. The zero-order valence-corrected chi connectivity index (χ0v) is 13.2. The first-order valence-corrected chi connectivity index (χ1v) is 7.20. The van der Waals surface area contributed by atoms with E-state index in [0.29, 0.717) is 17.9 Å². The lowest BCUT2D eigenvalue weighted by Gasteiger charge is -2.10. The summed E-state index contributed by atoms with van der Waals surface area (Å²) in [5.41, 5.74) is 2.81. The van der Waals surface area contributed by atoms with Gasteiger partial charge in [0.15, 0.2) is 0 Å². The first kappa shape index (κ1) is 15.9. The molecule has 4 heteroatoms. The monoisotopic (exact) mass is 299 g/mol. The predicted octanol–water partition coefficient (Wildman–Crippen LogP) is 2.98. The molecule has 0 saturated heterocycles. The molecule has 0 aromatic heterocycles. The maximum Gasteiger partial charge on any atom is 0.255 e. The number of ether oxygens (including phenoxy) is 2. The summed E-state index contributed by atoms with van der Waals surface area (Å²) in [4.78, 5) is 12.2. The molecule has 0 radical (unpaired) electrons. The number of para-hydroxylation sites is 1. The van der Waals surface area contributed by atoms with Crippen molar-refractivity contribution in [2.45, 2.75) is 13.3 Å². The summed E-state index contributed by atoms with van der Waals surface area (Å²) in [6.45, 7) is 2.58. The summed E-state index contributed by atoms with van der Waals surface area (Å²) in [7, 11) is 3.22. The van der Waals surface area contributed by atoms with E-state index in [1.165, 1.54) is 5.56 Å². The van der Waals surface area contributed by atoms with Crippen LogP contribution in [0.3, 0.4) is 0 Å². The summed E-state index contributed by atoms with van der Waals surface area (Å²) in [6.07, 6.45) is 0.770. The van der Waals surface area contributed by atoms with Gasteiger partial charge in [0.2, 0.25) is 0 Å². The van der Waals surface area contributed by atoms with Crippen LogP contribution < -0.4 is 14.8 Å². The van der Waals surface area contributed by atoms with Crippen LogP contribution in [-0.2, 0) is 6.42 Å². The molecule has 2 aromatic carbocycles. The van der Waals surface area contributed by atoms with Crippen molar-refractivity contribution in [3.63, 3.8) is 0 Å². The molecular weight excluding hydrogens is 278 g/mol. The van der Waals surface area contributed by atoms with Crippen LogP contribution in [0.1, 0.15) is 21.5 Å². The van der Waals surface area contributed by atoms with E-state index in [4.69, 9.17) is 9.47 Å². The lowest BCUT2D eigenvalue weighted by molar-refractivity contribution is 0.0951. The molecule has 1 amide bonds. The van der Waals surface area contributed by atoms with Crippen LogP contribution in [0.15, 0.2) is 42.5 Å². The molecule has 0 aliphatic heterocycles. The van der Waals surface area contributed by atoms with Crippen LogP contribution in [0.5, 0.6) is 11.5 Å². The highest BCUT2D eigenvalue weighted by molar-refractivity contribution is 5.96. The van der Waals surface area contributed by atoms with Gasteiger partial charge in [-0.15, -0.1) is 0 Å². The minimum atomic E-state index is -0.123. The molecule has 0 aliphatic rings. The molecule has 0 aliphatic carbocycles. The van der Waals surface area contributed by atoms with Gasteiger partial charge in [-0.05, 0) is 42.7 Å². The maximum atomic E-state index is 12.2. The van der Waals surface area contributed by atoms with Crippen molar-refractivity contribution in [3.8, 4) is 11.5 Å². The van der Waals surface area contributed by atoms with Gasteiger partial charge in [-0.3, -0.25) is 4.79 Å². The number of hydrogen-bond donors (Lipinski definition) is 1. The number of nitrogens with one attached hydrogen (secondary N) is 1. The maximum absolute atomic E-state index is 12.2. The van der Waals surface area contributed by atoms with Gasteiger partial charge < -0.3 is 14.8 Å². The van der Waals surface area contributed by atoms with Gasteiger partial charge in [0.05, 0.1) is 19.8 Å². The number of hydrogen-bond acceptors (Lipinski definition) is 3. The molecule has 2 aromatic rings. The second-order valence-corrected chi connectivity index (χ2v) is 5.01. The fourth-order valence-electron chi connectivity index (χ4n) is 2.34. The third-order valence-corrected chi connectivity index (χ3v) is 3.51. The van der Waals surface area contributed by atoms with Gasteiger partial charge in [0.25, 0.3) is 5.91 Å². The highest BCUT2D eigenvalue weighted by atomic mass is 16.5. The van der Waals surface area contributed by atoms with E-state index in [0.717, 1.165) is 17.7 Å². The summed E-state index contributed by atoms with van der Waals surface area (Å²) in [5.74, 6) is 1.34.